The molecule has 0 spiro atoms. The maximum absolute atomic E-state index is 12.6. The minimum Gasteiger partial charge on any atom is -0.383 e. The Kier molecular flexibility index (Phi) is 6.41. The second-order valence-corrected chi connectivity index (χ2v) is 7.40. The minimum atomic E-state index is -3.42. The number of sulfonamides is 1. The lowest BCUT2D eigenvalue weighted by Gasteiger charge is -2.19. The summed E-state index contributed by atoms with van der Waals surface area (Å²) in [6.45, 7) is 5.60. The maximum atomic E-state index is 12.6. The highest BCUT2D eigenvalue weighted by atomic mass is 32.2. The number of nitrogens with zero attached hydrogens (tertiary/aromatic N) is 1. The molecule has 0 unspecified atom stereocenters. The lowest BCUT2D eigenvalue weighted by Crippen LogP contribution is -2.33. The fourth-order valence-electron chi connectivity index (χ4n) is 1.82. The average Bonchev–Trinajstić information content (AvgIpc) is 2.72. The maximum Gasteiger partial charge on any atom is 0.244 e. The van der Waals surface area contributed by atoms with E-state index < -0.39 is 10.0 Å². The Morgan fingerprint density at radius 2 is 2.16 bits per heavy atom. The van der Waals surface area contributed by atoms with Crippen LogP contribution in [-0.2, 0) is 21.3 Å². The van der Waals surface area contributed by atoms with Crippen LogP contribution in [0.2, 0.25) is 0 Å². The number of hydrogen-bond acceptors (Lipinski definition) is 5. The van der Waals surface area contributed by atoms with Gasteiger partial charge >= 0.3 is 0 Å². The number of nitrogens with one attached hydrogen (secondary N) is 1. The number of methoxy groups -OCH3 is 1. The molecule has 0 aliphatic rings. The predicted octanol–water partition coefficient (Wildman–Crippen LogP) is 1.43. The Morgan fingerprint density at radius 1 is 1.47 bits per heavy atom. The predicted molar refractivity (Wildman–Crippen MR) is 78.1 cm³/mol. The van der Waals surface area contributed by atoms with E-state index >= 15 is 0 Å². The molecule has 0 saturated carbocycles. The van der Waals surface area contributed by atoms with Crippen LogP contribution in [0.4, 0.5) is 0 Å². The van der Waals surface area contributed by atoms with Crippen molar-refractivity contribution in [3.05, 3.63) is 15.8 Å². The van der Waals surface area contributed by atoms with Crippen molar-refractivity contribution in [3.63, 3.8) is 0 Å². The molecule has 7 heteroatoms. The van der Waals surface area contributed by atoms with Gasteiger partial charge < -0.3 is 10.1 Å². The molecule has 0 atom stereocenters. The fraction of sp³-hybridized carbons (Fsp3) is 0.667. The zero-order chi connectivity index (χ0) is 14.5. The van der Waals surface area contributed by atoms with Gasteiger partial charge in [0.15, 0.2) is 0 Å². The van der Waals surface area contributed by atoms with Crippen molar-refractivity contribution in [1.29, 1.82) is 0 Å². The summed E-state index contributed by atoms with van der Waals surface area (Å²) in [6.07, 6.45) is 0. The molecule has 19 heavy (non-hydrogen) atoms. The van der Waals surface area contributed by atoms with Crippen molar-refractivity contribution in [2.45, 2.75) is 25.3 Å². The van der Waals surface area contributed by atoms with Crippen LogP contribution in [0.25, 0.3) is 0 Å². The van der Waals surface area contributed by atoms with Gasteiger partial charge in [-0.1, -0.05) is 6.92 Å². The normalized spacial score (nSPS) is 12.3. The van der Waals surface area contributed by atoms with Crippen molar-refractivity contribution >= 4 is 21.4 Å². The van der Waals surface area contributed by atoms with Gasteiger partial charge in [0.2, 0.25) is 10.0 Å². The summed E-state index contributed by atoms with van der Waals surface area (Å²) >= 11 is 1.52. The Hall–Kier alpha value is -0.470. The van der Waals surface area contributed by atoms with Crippen molar-refractivity contribution in [1.82, 2.24) is 9.62 Å². The van der Waals surface area contributed by atoms with Crippen molar-refractivity contribution < 1.29 is 13.2 Å². The van der Waals surface area contributed by atoms with E-state index in [-0.39, 0.29) is 0 Å². The molecule has 0 aromatic carbocycles. The lowest BCUT2D eigenvalue weighted by atomic mass is 10.4. The molecular weight excluding hydrogens is 284 g/mol. The molecule has 110 valence electrons. The fourth-order valence-corrected chi connectivity index (χ4v) is 4.87. The number of hydrogen-bond donors (Lipinski definition) is 1. The van der Waals surface area contributed by atoms with Gasteiger partial charge in [0, 0.05) is 36.5 Å². The molecule has 0 fully saturated rings. The summed E-state index contributed by atoms with van der Waals surface area (Å²) in [4.78, 5) is 2.28. The van der Waals surface area contributed by atoms with Gasteiger partial charge in [0.25, 0.3) is 0 Å². The number of likely N-dealkylation sites (N-methyl/N-ethyl adjacent to an activating group) is 1. The quantitative estimate of drug-likeness (QED) is 0.789. The van der Waals surface area contributed by atoms with E-state index in [0.29, 0.717) is 31.1 Å². The second-order valence-electron chi connectivity index (χ2n) is 4.15. The topological polar surface area (TPSA) is 58.6 Å². The highest BCUT2D eigenvalue weighted by Crippen LogP contribution is 2.28. The van der Waals surface area contributed by atoms with Crippen LogP contribution in [0.5, 0.6) is 0 Å². The number of thiophene rings is 1. The second kappa shape index (κ2) is 7.35. The SMILES string of the molecule is CCN(CCOC)S(=O)(=O)c1cc(CNC)sc1C. The monoisotopic (exact) mass is 306 g/mol. The summed E-state index contributed by atoms with van der Waals surface area (Å²) in [5, 5.41) is 3.04. The minimum absolute atomic E-state index is 0.381. The number of rotatable bonds is 8. The van der Waals surface area contributed by atoms with Gasteiger partial charge in [-0.2, -0.15) is 4.31 Å². The summed E-state index contributed by atoms with van der Waals surface area (Å²) in [5.74, 6) is 0. The van der Waals surface area contributed by atoms with Gasteiger partial charge in [0.05, 0.1) is 11.5 Å². The zero-order valence-electron chi connectivity index (χ0n) is 11.9. The van der Waals surface area contributed by atoms with Crippen molar-refractivity contribution in [3.8, 4) is 0 Å². The number of aryl methyl sites for hydroxylation is 1. The molecule has 0 radical (unpaired) electrons. The van der Waals surface area contributed by atoms with E-state index in [2.05, 4.69) is 5.32 Å². The molecule has 1 rings (SSSR count). The molecule has 0 amide bonds. The molecule has 5 nitrogen and oxygen atoms in total. The highest BCUT2D eigenvalue weighted by molar-refractivity contribution is 7.89. The van der Waals surface area contributed by atoms with Crippen LogP contribution >= 0.6 is 11.3 Å². The Bertz CT molecular complexity index is 497. The Balaban J connectivity index is 3.03. The van der Waals surface area contributed by atoms with Gasteiger partial charge in [0.1, 0.15) is 0 Å². The first kappa shape index (κ1) is 16.6. The first-order chi connectivity index (χ1) is 8.97. The molecule has 0 aliphatic carbocycles. The third-order valence-electron chi connectivity index (χ3n) is 2.79. The van der Waals surface area contributed by atoms with E-state index in [1.54, 1.807) is 13.2 Å². The Labute approximate surface area is 119 Å². The molecular formula is C12H22N2O3S2. The van der Waals surface area contributed by atoms with E-state index in [1.807, 2.05) is 20.9 Å². The van der Waals surface area contributed by atoms with Crippen LogP contribution < -0.4 is 5.32 Å². The highest BCUT2D eigenvalue weighted by Gasteiger charge is 2.26. The van der Waals surface area contributed by atoms with Crippen LogP contribution in [-0.4, -0.2) is 46.6 Å². The summed E-state index contributed by atoms with van der Waals surface area (Å²) in [6, 6.07) is 1.77. The summed E-state index contributed by atoms with van der Waals surface area (Å²) < 4.78 is 31.5. The zero-order valence-corrected chi connectivity index (χ0v) is 13.5. The van der Waals surface area contributed by atoms with E-state index in [1.165, 1.54) is 15.6 Å². The molecule has 1 aromatic rings. The molecule has 1 aromatic heterocycles. The molecule has 0 bridgehead atoms. The average molecular weight is 306 g/mol. The third kappa shape index (κ3) is 4.00. The number of ether oxygens (including phenoxy) is 1. The third-order valence-corrected chi connectivity index (χ3v) is 6.07. The van der Waals surface area contributed by atoms with Gasteiger partial charge in [-0.25, -0.2) is 8.42 Å². The van der Waals surface area contributed by atoms with Crippen molar-refractivity contribution in [2.75, 3.05) is 33.9 Å². The van der Waals surface area contributed by atoms with E-state index in [4.69, 9.17) is 4.74 Å². The van der Waals surface area contributed by atoms with Crippen LogP contribution in [0, 0.1) is 6.92 Å². The Morgan fingerprint density at radius 3 is 2.68 bits per heavy atom. The van der Waals surface area contributed by atoms with Crippen molar-refractivity contribution in [2.24, 2.45) is 0 Å². The summed E-state index contributed by atoms with van der Waals surface area (Å²) in [7, 11) is 0.00258. The first-order valence-electron chi connectivity index (χ1n) is 6.20. The van der Waals surface area contributed by atoms with Gasteiger partial charge in [-0.05, 0) is 20.0 Å². The molecule has 0 aliphatic heterocycles. The molecule has 1 heterocycles. The standard InChI is InChI=1S/C12H22N2O3S2/c1-5-14(6-7-17-4)19(15,16)12-8-11(9-13-3)18-10(12)2/h8,13H,5-7,9H2,1-4H3. The van der Waals surface area contributed by atoms with Gasteiger partial charge in [-0.3, -0.25) is 0 Å². The molecule has 0 saturated heterocycles. The van der Waals surface area contributed by atoms with E-state index in [9.17, 15) is 8.42 Å². The van der Waals surface area contributed by atoms with Crippen LogP contribution in [0.15, 0.2) is 11.0 Å². The van der Waals surface area contributed by atoms with Crippen LogP contribution in [0.1, 0.15) is 16.7 Å². The first-order valence-corrected chi connectivity index (χ1v) is 8.46. The smallest absolute Gasteiger partial charge is 0.244 e. The largest absolute Gasteiger partial charge is 0.383 e. The summed E-state index contributed by atoms with van der Waals surface area (Å²) in [5.41, 5.74) is 0. The lowest BCUT2D eigenvalue weighted by molar-refractivity contribution is 0.180. The van der Waals surface area contributed by atoms with E-state index in [0.717, 1.165) is 9.75 Å². The van der Waals surface area contributed by atoms with Gasteiger partial charge in [-0.15, -0.1) is 11.3 Å². The van der Waals surface area contributed by atoms with Crippen LogP contribution in [0.3, 0.4) is 0 Å². The molecule has 1 N–H and O–H groups in total.